The Kier molecular flexibility index (Phi) is 11.5. The maximum absolute atomic E-state index is 13.8. The summed E-state index contributed by atoms with van der Waals surface area (Å²) in [6, 6.07) is 11.5. The van der Waals surface area contributed by atoms with Crippen molar-refractivity contribution in [3.63, 3.8) is 0 Å². The van der Waals surface area contributed by atoms with Crippen molar-refractivity contribution < 1.29 is 9.47 Å². The van der Waals surface area contributed by atoms with E-state index < -0.39 is 11.4 Å². The summed E-state index contributed by atoms with van der Waals surface area (Å²) in [6.45, 7) is 13.9. The van der Waals surface area contributed by atoms with Crippen molar-refractivity contribution in [1.29, 1.82) is 0 Å². The number of aliphatic imine (C=N–C) groups is 1. The summed E-state index contributed by atoms with van der Waals surface area (Å²) >= 11 is 0. The number of anilines is 1. The molecule has 0 radical (unpaired) electrons. The molecular weight excluding hydrogens is 520 g/mol. The molecule has 0 unspecified atom stereocenters. The molecule has 3 N–H and O–H groups in total. The van der Waals surface area contributed by atoms with Gasteiger partial charge in [0, 0.05) is 12.3 Å². The zero-order valence-corrected chi connectivity index (χ0v) is 25.0. The highest BCUT2D eigenvalue weighted by Crippen LogP contribution is 2.21. The molecule has 0 spiro atoms. The molecule has 41 heavy (non-hydrogen) atoms. The number of allylic oxidation sites excluding steroid dienone is 1. The number of hydrogen-bond acceptors (Lipinski definition) is 8. The van der Waals surface area contributed by atoms with Crippen LogP contribution in [0.4, 0.5) is 5.95 Å². The molecule has 1 aromatic heterocycles. The molecule has 0 bridgehead atoms. The summed E-state index contributed by atoms with van der Waals surface area (Å²) in [4.78, 5) is 35.4. The summed E-state index contributed by atoms with van der Waals surface area (Å²) < 4.78 is 14.0. The molecule has 0 aliphatic carbocycles. The molecule has 0 atom stereocenters. The van der Waals surface area contributed by atoms with E-state index in [1.54, 1.807) is 0 Å². The Morgan fingerprint density at radius 1 is 0.951 bits per heavy atom. The lowest BCUT2D eigenvalue weighted by Crippen LogP contribution is -2.43. The largest absolute Gasteiger partial charge is 0.494 e. The van der Waals surface area contributed by atoms with E-state index in [0.29, 0.717) is 26.2 Å². The minimum atomic E-state index is -0.610. The Labute approximate surface area is 241 Å². The Bertz CT molecular complexity index is 1520. The first-order valence-electron chi connectivity index (χ1n) is 13.9. The summed E-state index contributed by atoms with van der Waals surface area (Å²) in [6.07, 6.45) is 2.64. The quantitative estimate of drug-likeness (QED) is 0.284. The Balaban J connectivity index is 1.97. The van der Waals surface area contributed by atoms with Gasteiger partial charge in [-0.1, -0.05) is 29.8 Å². The average molecular weight is 563 g/mol. The standard InChI is InChI=1S/C31H42N6O4/c1-7-40-27-11-9-25(16-22(27)4)18-36-29(33-14-13-21(3)15-24(6)34-20-32)35-30(38)37(31(36)39)19-26-10-12-28(41-8-2)23(5)17-26/h9-12,15-17H,7-8,13-14,18-20,32H2,1-6H3,(H,33,35,38)/b21-15-,34-24-. The third kappa shape index (κ3) is 8.65. The first kappa shape index (κ1) is 31.3. The summed E-state index contributed by atoms with van der Waals surface area (Å²) in [5.74, 6) is 1.80. The van der Waals surface area contributed by atoms with Crippen LogP contribution in [0.5, 0.6) is 11.5 Å². The Morgan fingerprint density at radius 3 is 2.02 bits per heavy atom. The van der Waals surface area contributed by atoms with E-state index in [4.69, 9.17) is 15.2 Å². The maximum atomic E-state index is 13.8. The van der Waals surface area contributed by atoms with Crippen LogP contribution in [-0.4, -0.2) is 46.3 Å². The van der Waals surface area contributed by atoms with Gasteiger partial charge in [-0.3, -0.25) is 9.56 Å². The van der Waals surface area contributed by atoms with Crippen LogP contribution in [0.15, 0.2) is 62.6 Å². The van der Waals surface area contributed by atoms with Crippen LogP contribution in [0.2, 0.25) is 0 Å². The van der Waals surface area contributed by atoms with Crippen molar-refractivity contribution >= 4 is 11.7 Å². The highest BCUT2D eigenvalue weighted by molar-refractivity contribution is 5.93. The summed E-state index contributed by atoms with van der Waals surface area (Å²) in [5.41, 5.74) is 9.98. The molecule has 0 amide bonds. The first-order chi connectivity index (χ1) is 19.7. The van der Waals surface area contributed by atoms with E-state index in [2.05, 4.69) is 15.3 Å². The van der Waals surface area contributed by atoms with Gasteiger partial charge in [-0.25, -0.2) is 14.2 Å². The second kappa shape index (κ2) is 15.0. The van der Waals surface area contributed by atoms with Gasteiger partial charge in [0.05, 0.1) is 33.0 Å². The van der Waals surface area contributed by atoms with Crippen LogP contribution >= 0.6 is 0 Å². The third-order valence-corrected chi connectivity index (χ3v) is 6.51. The molecule has 0 aliphatic heterocycles. The van der Waals surface area contributed by atoms with Crippen molar-refractivity contribution in [3.8, 4) is 11.5 Å². The van der Waals surface area contributed by atoms with Gasteiger partial charge in [0.25, 0.3) is 0 Å². The lowest BCUT2D eigenvalue weighted by molar-refractivity contribution is 0.337. The number of ether oxygens (including phenoxy) is 2. The molecule has 2 aromatic carbocycles. The zero-order valence-electron chi connectivity index (χ0n) is 25.0. The average Bonchev–Trinajstić information content (AvgIpc) is 2.92. The van der Waals surface area contributed by atoms with Crippen LogP contribution in [0.3, 0.4) is 0 Å². The molecule has 0 saturated heterocycles. The van der Waals surface area contributed by atoms with Gasteiger partial charge in [0.15, 0.2) is 0 Å². The van der Waals surface area contributed by atoms with Gasteiger partial charge in [0.2, 0.25) is 5.95 Å². The van der Waals surface area contributed by atoms with Crippen LogP contribution in [0.25, 0.3) is 0 Å². The molecule has 10 heteroatoms. The van der Waals surface area contributed by atoms with E-state index >= 15 is 0 Å². The predicted molar refractivity (Wildman–Crippen MR) is 165 cm³/mol. The van der Waals surface area contributed by atoms with Gasteiger partial charge in [-0.15, -0.1) is 0 Å². The molecule has 0 aliphatic rings. The van der Waals surface area contributed by atoms with Crippen molar-refractivity contribution in [2.24, 2.45) is 10.7 Å². The Hall–Kier alpha value is -4.18. The van der Waals surface area contributed by atoms with Gasteiger partial charge in [0.1, 0.15) is 11.5 Å². The van der Waals surface area contributed by atoms with E-state index in [-0.39, 0.29) is 25.7 Å². The van der Waals surface area contributed by atoms with Crippen molar-refractivity contribution in [3.05, 3.63) is 91.3 Å². The van der Waals surface area contributed by atoms with E-state index in [1.165, 1.54) is 9.13 Å². The number of benzene rings is 2. The fourth-order valence-corrected chi connectivity index (χ4v) is 4.55. The number of nitrogens with one attached hydrogen (secondary N) is 1. The number of nitrogens with two attached hydrogens (primary N) is 1. The number of hydrogen-bond donors (Lipinski definition) is 2. The van der Waals surface area contributed by atoms with Crippen LogP contribution in [-0.2, 0) is 13.1 Å². The lowest BCUT2D eigenvalue weighted by Gasteiger charge is -2.17. The summed E-state index contributed by atoms with van der Waals surface area (Å²) in [7, 11) is 0. The van der Waals surface area contributed by atoms with Gasteiger partial charge < -0.3 is 20.5 Å². The molecular formula is C31H42N6O4. The van der Waals surface area contributed by atoms with Gasteiger partial charge in [-0.2, -0.15) is 4.98 Å². The van der Waals surface area contributed by atoms with E-state index in [1.807, 2.05) is 84.0 Å². The van der Waals surface area contributed by atoms with E-state index in [0.717, 1.165) is 45.0 Å². The van der Waals surface area contributed by atoms with Crippen molar-refractivity contribution in [1.82, 2.24) is 14.1 Å². The van der Waals surface area contributed by atoms with Crippen LogP contribution in [0.1, 0.15) is 56.4 Å². The normalized spacial score (nSPS) is 12.0. The van der Waals surface area contributed by atoms with E-state index in [9.17, 15) is 9.59 Å². The number of rotatable bonds is 14. The fraction of sp³-hybridized carbons (Fsp3) is 0.419. The van der Waals surface area contributed by atoms with Crippen molar-refractivity contribution in [2.45, 2.75) is 61.1 Å². The number of aromatic nitrogens is 3. The molecule has 0 saturated carbocycles. The molecule has 3 aromatic rings. The van der Waals surface area contributed by atoms with Gasteiger partial charge in [-0.05, 0) is 88.4 Å². The van der Waals surface area contributed by atoms with Gasteiger partial charge >= 0.3 is 11.4 Å². The zero-order chi connectivity index (χ0) is 29.9. The minimum Gasteiger partial charge on any atom is -0.494 e. The molecule has 0 fully saturated rings. The lowest BCUT2D eigenvalue weighted by atomic mass is 10.1. The monoisotopic (exact) mass is 562 g/mol. The smallest absolute Gasteiger partial charge is 0.355 e. The topological polar surface area (TPSA) is 126 Å². The fourth-order valence-electron chi connectivity index (χ4n) is 4.55. The maximum Gasteiger partial charge on any atom is 0.355 e. The second-order valence-electron chi connectivity index (χ2n) is 9.89. The molecule has 220 valence electrons. The number of aryl methyl sites for hydroxylation is 2. The minimum absolute atomic E-state index is 0.0993. The Morgan fingerprint density at radius 2 is 1.51 bits per heavy atom. The van der Waals surface area contributed by atoms with Crippen LogP contribution < -0.4 is 31.9 Å². The second-order valence-corrected chi connectivity index (χ2v) is 9.89. The van der Waals surface area contributed by atoms with Crippen molar-refractivity contribution in [2.75, 3.05) is 31.7 Å². The molecule has 10 nitrogen and oxygen atoms in total. The first-order valence-corrected chi connectivity index (χ1v) is 13.9. The highest BCUT2D eigenvalue weighted by atomic mass is 16.5. The predicted octanol–water partition coefficient (Wildman–Crippen LogP) is 4.04. The number of nitrogens with zero attached hydrogens (tertiary/aromatic N) is 4. The SMILES string of the molecule is CCOc1ccc(Cn2c(NCC/C(C)=C\C(C)=N/CN)nc(=O)n(Cc3ccc(OCC)c(C)c3)c2=O)cc1C. The third-order valence-electron chi connectivity index (χ3n) is 6.51. The summed E-state index contributed by atoms with van der Waals surface area (Å²) in [5, 5.41) is 3.21. The molecule has 1 heterocycles. The molecule has 3 rings (SSSR count). The van der Waals surface area contributed by atoms with Crippen LogP contribution in [0, 0.1) is 13.8 Å². The highest BCUT2D eigenvalue weighted by Gasteiger charge is 2.15.